The molecule has 3 N–H and O–H groups in total. The van der Waals surface area contributed by atoms with Crippen LogP contribution < -0.4 is 11.3 Å². The number of nitrogen functional groups attached to an aromatic ring is 1. The zero-order chi connectivity index (χ0) is 8.39. The van der Waals surface area contributed by atoms with Crippen molar-refractivity contribution in [1.82, 2.24) is 0 Å². The molecule has 0 radical (unpaired) electrons. The maximum absolute atomic E-state index is 5.29. The fraction of sp³-hybridized carbons (Fsp3) is 0. The van der Waals surface area contributed by atoms with Crippen LogP contribution in [0.4, 0.5) is 5.69 Å². The molecule has 0 aliphatic carbocycles. The maximum Gasteiger partial charge on any atom is 0.0491 e. The summed E-state index contributed by atoms with van der Waals surface area (Å²) in [7, 11) is 0. The smallest absolute Gasteiger partial charge is 0.0491 e. The van der Waals surface area contributed by atoms with Crippen molar-refractivity contribution in [3.05, 3.63) is 42.5 Å². The maximum atomic E-state index is 5.29. The van der Waals surface area contributed by atoms with Crippen LogP contribution in [-0.2, 0) is 0 Å². The summed E-state index contributed by atoms with van der Waals surface area (Å²) in [5.74, 6) is 5.29. The number of hydrazine groups is 1. The second kappa shape index (κ2) is 4.12. The molecule has 0 aliphatic rings. The molecule has 0 fully saturated rings. The third kappa shape index (κ3) is 1.91. The summed E-state index contributed by atoms with van der Waals surface area (Å²) in [4.78, 5) is 0. The number of hydrogen-bond donors (Lipinski definition) is 2. The summed E-state index contributed by atoms with van der Waals surface area (Å²) in [6, 6.07) is 14.2. The van der Waals surface area contributed by atoms with Crippen LogP contribution in [0.25, 0.3) is 10.8 Å². The molecule has 0 saturated carbocycles. The monoisotopic (exact) mass is 194 g/mol. The van der Waals surface area contributed by atoms with E-state index in [1.807, 2.05) is 30.3 Å². The Balaban J connectivity index is 0.000000845. The van der Waals surface area contributed by atoms with Crippen molar-refractivity contribution in [2.45, 2.75) is 0 Å². The Kier molecular flexibility index (Phi) is 3.12. The van der Waals surface area contributed by atoms with Gasteiger partial charge in [-0.25, -0.2) is 0 Å². The third-order valence-electron chi connectivity index (χ3n) is 1.92. The number of nitrogens with two attached hydrogens (primary N) is 1. The molecule has 2 rings (SSSR count). The summed E-state index contributed by atoms with van der Waals surface area (Å²) < 4.78 is 0. The lowest BCUT2D eigenvalue weighted by atomic mass is 10.1. The van der Waals surface area contributed by atoms with Crippen molar-refractivity contribution in [2.24, 2.45) is 5.84 Å². The molecule has 13 heavy (non-hydrogen) atoms. The van der Waals surface area contributed by atoms with Crippen molar-refractivity contribution in [1.29, 1.82) is 0 Å². The highest BCUT2D eigenvalue weighted by Gasteiger charge is 1.92. The average molecular weight is 195 g/mol. The zero-order valence-corrected chi connectivity index (χ0v) is 7.84. The van der Waals surface area contributed by atoms with E-state index in [2.05, 4.69) is 17.6 Å². The van der Waals surface area contributed by atoms with Gasteiger partial charge < -0.3 is 5.43 Å². The van der Waals surface area contributed by atoms with Crippen LogP contribution in [-0.4, -0.2) is 0 Å². The number of halogens is 1. The number of fused-ring (bicyclic) bond motifs is 1. The van der Waals surface area contributed by atoms with Gasteiger partial charge in [-0.15, -0.1) is 12.4 Å². The first-order valence-corrected chi connectivity index (χ1v) is 3.85. The Morgan fingerprint density at radius 1 is 0.923 bits per heavy atom. The Morgan fingerprint density at radius 3 is 2.31 bits per heavy atom. The van der Waals surface area contributed by atoms with Crippen LogP contribution in [0.3, 0.4) is 0 Å². The van der Waals surface area contributed by atoms with Gasteiger partial charge in [0.1, 0.15) is 0 Å². The van der Waals surface area contributed by atoms with E-state index in [1.165, 1.54) is 10.8 Å². The first-order chi connectivity index (χ1) is 5.90. The number of nitrogens with one attached hydrogen (secondary N) is 1. The summed E-state index contributed by atoms with van der Waals surface area (Å²) in [6.45, 7) is 0. The molecule has 0 bridgehead atoms. The highest BCUT2D eigenvalue weighted by atomic mass is 35.5. The number of anilines is 1. The lowest BCUT2D eigenvalue weighted by Crippen LogP contribution is -2.05. The van der Waals surface area contributed by atoms with E-state index >= 15 is 0 Å². The number of hydrogen-bond acceptors (Lipinski definition) is 2. The predicted octanol–water partition coefficient (Wildman–Crippen LogP) is 2.55. The summed E-state index contributed by atoms with van der Waals surface area (Å²) in [6.07, 6.45) is 0. The van der Waals surface area contributed by atoms with Crippen LogP contribution in [0.2, 0.25) is 0 Å². The van der Waals surface area contributed by atoms with E-state index in [4.69, 9.17) is 5.84 Å². The van der Waals surface area contributed by atoms with Gasteiger partial charge in [-0.3, -0.25) is 5.84 Å². The lowest BCUT2D eigenvalue weighted by molar-refractivity contribution is 1.36. The Morgan fingerprint density at radius 2 is 1.62 bits per heavy atom. The standard InChI is InChI=1S/C10H10N2.ClH/c11-12-10-6-5-8-3-1-2-4-9(8)7-10;/h1-7,12H,11H2;1H. The molecule has 0 unspecified atom stereocenters. The van der Waals surface area contributed by atoms with Crippen molar-refractivity contribution < 1.29 is 0 Å². The first kappa shape index (κ1) is 9.84. The quantitative estimate of drug-likeness (QED) is 0.541. The van der Waals surface area contributed by atoms with Crippen molar-refractivity contribution in [3.8, 4) is 0 Å². The normalized spacial score (nSPS) is 9.31. The average Bonchev–Trinajstić information content (AvgIpc) is 2.17. The highest BCUT2D eigenvalue weighted by molar-refractivity contribution is 5.85. The fourth-order valence-corrected chi connectivity index (χ4v) is 1.28. The highest BCUT2D eigenvalue weighted by Crippen LogP contribution is 2.17. The molecule has 3 heteroatoms. The van der Waals surface area contributed by atoms with Gasteiger partial charge in [0.2, 0.25) is 0 Å². The van der Waals surface area contributed by atoms with Gasteiger partial charge in [0, 0.05) is 5.69 Å². The van der Waals surface area contributed by atoms with Crippen LogP contribution in [0.1, 0.15) is 0 Å². The molecule has 0 atom stereocenters. The summed E-state index contributed by atoms with van der Waals surface area (Å²) in [5.41, 5.74) is 3.56. The second-order valence-corrected chi connectivity index (χ2v) is 2.71. The van der Waals surface area contributed by atoms with E-state index < -0.39 is 0 Å². The molecule has 2 aromatic carbocycles. The molecule has 0 aromatic heterocycles. The molecule has 2 aromatic rings. The Labute approximate surface area is 83.1 Å². The molecule has 68 valence electrons. The van der Waals surface area contributed by atoms with E-state index in [1.54, 1.807) is 0 Å². The van der Waals surface area contributed by atoms with Gasteiger partial charge in [0.05, 0.1) is 0 Å². The van der Waals surface area contributed by atoms with Gasteiger partial charge >= 0.3 is 0 Å². The molecule has 0 amide bonds. The molecular weight excluding hydrogens is 184 g/mol. The summed E-state index contributed by atoms with van der Waals surface area (Å²) in [5, 5.41) is 2.43. The minimum absolute atomic E-state index is 0. The van der Waals surface area contributed by atoms with Crippen LogP contribution in [0, 0.1) is 0 Å². The molecule has 0 saturated heterocycles. The first-order valence-electron chi connectivity index (χ1n) is 3.85. The minimum Gasteiger partial charge on any atom is -0.324 e. The fourth-order valence-electron chi connectivity index (χ4n) is 1.28. The van der Waals surface area contributed by atoms with E-state index in [0.29, 0.717) is 0 Å². The topological polar surface area (TPSA) is 38.0 Å². The van der Waals surface area contributed by atoms with Gasteiger partial charge in [0.15, 0.2) is 0 Å². The Hall–Kier alpha value is -1.25. The molecular formula is C10H11ClN2. The molecule has 0 heterocycles. The van der Waals surface area contributed by atoms with E-state index in [9.17, 15) is 0 Å². The SMILES string of the molecule is Cl.NNc1ccc2ccccc2c1. The van der Waals surface area contributed by atoms with Crippen molar-refractivity contribution in [2.75, 3.05) is 5.43 Å². The minimum atomic E-state index is 0. The van der Waals surface area contributed by atoms with Crippen LogP contribution in [0.5, 0.6) is 0 Å². The predicted molar refractivity (Wildman–Crippen MR) is 59.0 cm³/mol. The Bertz CT molecular complexity index is 401. The number of rotatable bonds is 1. The van der Waals surface area contributed by atoms with Crippen LogP contribution >= 0.6 is 12.4 Å². The molecule has 0 aliphatic heterocycles. The summed E-state index contributed by atoms with van der Waals surface area (Å²) >= 11 is 0. The number of benzene rings is 2. The largest absolute Gasteiger partial charge is 0.324 e. The van der Waals surface area contributed by atoms with E-state index in [0.717, 1.165) is 5.69 Å². The van der Waals surface area contributed by atoms with Gasteiger partial charge in [-0.05, 0) is 22.9 Å². The third-order valence-corrected chi connectivity index (χ3v) is 1.92. The van der Waals surface area contributed by atoms with Gasteiger partial charge in [-0.1, -0.05) is 30.3 Å². The van der Waals surface area contributed by atoms with E-state index in [-0.39, 0.29) is 12.4 Å². The molecule has 0 spiro atoms. The van der Waals surface area contributed by atoms with Gasteiger partial charge in [-0.2, -0.15) is 0 Å². The molecule has 2 nitrogen and oxygen atoms in total. The lowest BCUT2D eigenvalue weighted by Gasteiger charge is -2.01. The van der Waals surface area contributed by atoms with Crippen LogP contribution in [0.15, 0.2) is 42.5 Å². The van der Waals surface area contributed by atoms with Crippen molar-refractivity contribution >= 4 is 28.9 Å². The zero-order valence-electron chi connectivity index (χ0n) is 7.03. The van der Waals surface area contributed by atoms with Crippen molar-refractivity contribution in [3.63, 3.8) is 0 Å². The second-order valence-electron chi connectivity index (χ2n) is 2.71. The van der Waals surface area contributed by atoms with Gasteiger partial charge in [0.25, 0.3) is 0 Å².